The van der Waals surface area contributed by atoms with Gasteiger partial charge in [-0.05, 0) is 24.6 Å². The van der Waals surface area contributed by atoms with Gasteiger partial charge >= 0.3 is 0 Å². The van der Waals surface area contributed by atoms with Gasteiger partial charge in [-0.1, -0.05) is 30.3 Å². The van der Waals surface area contributed by atoms with E-state index in [9.17, 15) is 5.11 Å². The summed E-state index contributed by atoms with van der Waals surface area (Å²) >= 11 is 0. The van der Waals surface area contributed by atoms with E-state index in [1.165, 1.54) is 0 Å². The van der Waals surface area contributed by atoms with E-state index in [0.29, 0.717) is 5.56 Å². The van der Waals surface area contributed by atoms with Crippen molar-refractivity contribution in [2.75, 3.05) is 0 Å². The first kappa shape index (κ1) is 10.3. The standard InChI is InChI=1S/C14H11NO/c1-10-5-4-8-13(16)14(10)12-7-3-2-6-11(12)9-15/h2-8,16H,1H3. The lowest BCUT2D eigenvalue weighted by Gasteiger charge is -2.09. The van der Waals surface area contributed by atoms with E-state index in [1.807, 2.05) is 31.2 Å². The van der Waals surface area contributed by atoms with Crippen LogP contribution in [0.5, 0.6) is 5.75 Å². The summed E-state index contributed by atoms with van der Waals surface area (Å²) in [4.78, 5) is 0. The molecule has 0 radical (unpaired) electrons. The number of benzene rings is 2. The van der Waals surface area contributed by atoms with Crippen molar-refractivity contribution < 1.29 is 5.11 Å². The van der Waals surface area contributed by atoms with Crippen LogP contribution in [0.1, 0.15) is 11.1 Å². The van der Waals surface area contributed by atoms with Crippen LogP contribution >= 0.6 is 0 Å². The molecule has 0 aliphatic rings. The Morgan fingerprint density at radius 3 is 2.50 bits per heavy atom. The van der Waals surface area contributed by atoms with Gasteiger partial charge in [0.15, 0.2) is 0 Å². The fraction of sp³-hybridized carbons (Fsp3) is 0.0714. The lowest BCUT2D eigenvalue weighted by atomic mass is 9.96. The number of aryl methyl sites for hydroxylation is 1. The van der Waals surface area contributed by atoms with E-state index in [1.54, 1.807) is 18.2 Å². The molecule has 2 aromatic carbocycles. The van der Waals surface area contributed by atoms with Gasteiger partial charge in [-0.15, -0.1) is 0 Å². The first-order valence-corrected chi connectivity index (χ1v) is 5.02. The van der Waals surface area contributed by atoms with Crippen LogP contribution in [0.15, 0.2) is 42.5 Å². The second kappa shape index (κ2) is 4.08. The molecule has 0 spiro atoms. The van der Waals surface area contributed by atoms with E-state index in [-0.39, 0.29) is 5.75 Å². The number of phenols is 1. The SMILES string of the molecule is Cc1cccc(O)c1-c1ccccc1C#N. The van der Waals surface area contributed by atoms with Gasteiger partial charge in [-0.2, -0.15) is 5.26 Å². The topological polar surface area (TPSA) is 44.0 Å². The number of hydrogen-bond donors (Lipinski definition) is 1. The Morgan fingerprint density at radius 1 is 1.06 bits per heavy atom. The van der Waals surface area contributed by atoms with Crippen LogP contribution in [-0.2, 0) is 0 Å². The number of nitriles is 1. The molecule has 0 saturated carbocycles. The molecule has 2 nitrogen and oxygen atoms in total. The molecule has 2 aromatic rings. The summed E-state index contributed by atoms with van der Waals surface area (Å²) in [7, 11) is 0. The van der Waals surface area contributed by atoms with E-state index < -0.39 is 0 Å². The van der Waals surface area contributed by atoms with E-state index >= 15 is 0 Å². The zero-order valence-corrected chi connectivity index (χ0v) is 8.94. The molecule has 0 atom stereocenters. The van der Waals surface area contributed by atoms with Crippen LogP contribution in [-0.4, -0.2) is 5.11 Å². The Kier molecular flexibility index (Phi) is 2.61. The Morgan fingerprint density at radius 2 is 1.81 bits per heavy atom. The van der Waals surface area contributed by atoms with Crippen molar-refractivity contribution in [1.82, 2.24) is 0 Å². The van der Waals surface area contributed by atoms with Crippen LogP contribution in [0.4, 0.5) is 0 Å². The molecule has 0 aliphatic carbocycles. The maximum absolute atomic E-state index is 9.86. The molecule has 0 amide bonds. The molecule has 0 unspecified atom stereocenters. The summed E-state index contributed by atoms with van der Waals surface area (Å²) in [6.07, 6.45) is 0. The zero-order valence-electron chi connectivity index (χ0n) is 8.94. The minimum Gasteiger partial charge on any atom is -0.507 e. The highest BCUT2D eigenvalue weighted by Gasteiger charge is 2.10. The molecule has 0 fully saturated rings. The van der Waals surface area contributed by atoms with Crippen molar-refractivity contribution in [3.8, 4) is 22.9 Å². The van der Waals surface area contributed by atoms with E-state index in [4.69, 9.17) is 5.26 Å². The monoisotopic (exact) mass is 209 g/mol. The molecular formula is C14H11NO. The van der Waals surface area contributed by atoms with Crippen molar-refractivity contribution in [2.45, 2.75) is 6.92 Å². The lowest BCUT2D eigenvalue weighted by Crippen LogP contribution is -1.87. The van der Waals surface area contributed by atoms with Crippen molar-refractivity contribution in [3.63, 3.8) is 0 Å². The third kappa shape index (κ3) is 1.64. The molecule has 2 rings (SSSR count). The normalized spacial score (nSPS) is 9.75. The number of aromatic hydroxyl groups is 1. The second-order valence-corrected chi connectivity index (χ2v) is 3.63. The zero-order chi connectivity index (χ0) is 11.5. The first-order valence-electron chi connectivity index (χ1n) is 5.02. The van der Waals surface area contributed by atoms with Crippen molar-refractivity contribution in [1.29, 1.82) is 5.26 Å². The van der Waals surface area contributed by atoms with Crippen LogP contribution in [0, 0.1) is 18.3 Å². The Hall–Kier alpha value is -2.27. The van der Waals surface area contributed by atoms with Crippen molar-refractivity contribution in [3.05, 3.63) is 53.6 Å². The average molecular weight is 209 g/mol. The van der Waals surface area contributed by atoms with Crippen LogP contribution in [0.25, 0.3) is 11.1 Å². The third-order valence-electron chi connectivity index (χ3n) is 2.57. The molecule has 2 heteroatoms. The number of nitrogens with zero attached hydrogens (tertiary/aromatic N) is 1. The van der Waals surface area contributed by atoms with Gasteiger partial charge < -0.3 is 5.11 Å². The second-order valence-electron chi connectivity index (χ2n) is 3.63. The largest absolute Gasteiger partial charge is 0.507 e. The summed E-state index contributed by atoms with van der Waals surface area (Å²) in [5, 5.41) is 18.9. The highest BCUT2D eigenvalue weighted by atomic mass is 16.3. The lowest BCUT2D eigenvalue weighted by molar-refractivity contribution is 0.477. The minimum absolute atomic E-state index is 0.211. The Balaban J connectivity index is 2.73. The minimum atomic E-state index is 0.211. The highest BCUT2D eigenvalue weighted by Crippen LogP contribution is 2.33. The van der Waals surface area contributed by atoms with Gasteiger partial charge in [0.05, 0.1) is 11.6 Å². The molecular weight excluding hydrogens is 198 g/mol. The molecule has 1 N–H and O–H groups in total. The Bertz CT molecular complexity index is 547. The number of hydrogen-bond acceptors (Lipinski definition) is 2. The molecule has 0 aromatic heterocycles. The summed E-state index contributed by atoms with van der Waals surface area (Å²) in [5.41, 5.74) is 3.05. The number of rotatable bonds is 1. The van der Waals surface area contributed by atoms with Gasteiger partial charge in [0, 0.05) is 11.1 Å². The molecule has 0 heterocycles. The predicted molar refractivity (Wildman–Crippen MR) is 63.0 cm³/mol. The summed E-state index contributed by atoms with van der Waals surface area (Å²) in [6, 6.07) is 14.8. The van der Waals surface area contributed by atoms with E-state index in [0.717, 1.165) is 16.7 Å². The fourth-order valence-electron chi connectivity index (χ4n) is 1.80. The quantitative estimate of drug-likeness (QED) is 0.783. The van der Waals surface area contributed by atoms with E-state index in [2.05, 4.69) is 6.07 Å². The molecule has 0 saturated heterocycles. The van der Waals surface area contributed by atoms with Gasteiger partial charge in [-0.25, -0.2) is 0 Å². The average Bonchev–Trinajstić information content (AvgIpc) is 2.29. The van der Waals surface area contributed by atoms with Crippen molar-refractivity contribution in [2.24, 2.45) is 0 Å². The van der Waals surface area contributed by atoms with Crippen LogP contribution in [0.2, 0.25) is 0 Å². The third-order valence-corrected chi connectivity index (χ3v) is 2.57. The van der Waals surface area contributed by atoms with Gasteiger partial charge in [0.25, 0.3) is 0 Å². The number of phenolic OH excluding ortho intramolecular Hbond substituents is 1. The highest BCUT2D eigenvalue weighted by molar-refractivity contribution is 5.77. The molecule has 16 heavy (non-hydrogen) atoms. The van der Waals surface area contributed by atoms with Gasteiger partial charge in [0.2, 0.25) is 0 Å². The summed E-state index contributed by atoms with van der Waals surface area (Å²) < 4.78 is 0. The maximum Gasteiger partial charge on any atom is 0.123 e. The first-order chi connectivity index (χ1) is 7.74. The summed E-state index contributed by atoms with van der Waals surface area (Å²) in [5.74, 6) is 0.211. The summed E-state index contributed by atoms with van der Waals surface area (Å²) in [6.45, 7) is 1.92. The molecule has 0 aliphatic heterocycles. The molecule has 0 bridgehead atoms. The Labute approximate surface area is 94.4 Å². The van der Waals surface area contributed by atoms with Crippen molar-refractivity contribution >= 4 is 0 Å². The molecule has 78 valence electrons. The fourth-order valence-corrected chi connectivity index (χ4v) is 1.80. The smallest absolute Gasteiger partial charge is 0.123 e. The predicted octanol–water partition coefficient (Wildman–Crippen LogP) is 3.24. The van der Waals surface area contributed by atoms with Gasteiger partial charge in [0.1, 0.15) is 5.75 Å². The van der Waals surface area contributed by atoms with Crippen LogP contribution in [0.3, 0.4) is 0 Å². The van der Waals surface area contributed by atoms with Crippen LogP contribution < -0.4 is 0 Å². The van der Waals surface area contributed by atoms with Gasteiger partial charge in [-0.3, -0.25) is 0 Å². The maximum atomic E-state index is 9.86.